The van der Waals surface area contributed by atoms with Crippen LogP contribution >= 0.6 is 11.3 Å². The average Bonchev–Trinajstić information content (AvgIpc) is 3.02. The maximum absolute atomic E-state index is 5.00. The van der Waals surface area contributed by atoms with Gasteiger partial charge < -0.3 is 10.2 Å². The van der Waals surface area contributed by atoms with Crippen molar-refractivity contribution in [3.8, 4) is 0 Å². The van der Waals surface area contributed by atoms with Gasteiger partial charge in [0, 0.05) is 30.6 Å². The number of hydrogen-bond acceptors (Lipinski definition) is 4. The molecule has 1 saturated carbocycles. The summed E-state index contributed by atoms with van der Waals surface area (Å²) in [6.07, 6.45) is 5.20. The zero-order valence-corrected chi connectivity index (χ0v) is 13.8. The molecule has 2 unspecified atom stereocenters. The van der Waals surface area contributed by atoms with Crippen molar-refractivity contribution in [3.63, 3.8) is 0 Å². The van der Waals surface area contributed by atoms with E-state index in [4.69, 9.17) is 4.98 Å². The van der Waals surface area contributed by atoms with Crippen LogP contribution in [-0.4, -0.2) is 24.1 Å². The molecule has 2 atom stereocenters. The molecular weight excluding hydrogens is 266 g/mol. The lowest BCUT2D eigenvalue weighted by atomic mass is 10.0. The monoisotopic (exact) mass is 293 g/mol. The second-order valence-electron chi connectivity index (χ2n) is 6.61. The third-order valence-electron chi connectivity index (χ3n) is 4.62. The van der Waals surface area contributed by atoms with Crippen molar-refractivity contribution < 1.29 is 0 Å². The molecule has 4 heteroatoms. The average molecular weight is 293 g/mol. The van der Waals surface area contributed by atoms with E-state index in [2.05, 4.69) is 31.0 Å². The number of nitrogens with zero attached hydrogens (tertiary/aromatic N) is 2. The fourth-order valence-corrected chi connectivity index (χ4v) is 3.99. The Hall–Kier alpha value is -0.610. The van der Waals surface area contributed by atoms with Gasteiger partial charge in [-0.1, -0.05) is 20.8 Å². The Bertz CT molecular complexity index is 453. The maximum Gasteiger partial charge on any atom is 0.185 e. The van der Waals surface area contributed by atoms with Crippen LogP contribution in [0, 0.1) is 5.92 Å². The Balaban J connectivity index is 1.76. The molecule has 112 valence electrons. The highest BCUT2D eigenvalue weighted by atomic mass is 32.1. The second-order valence-corrected chi connectivity index (χ2v) is 7.67. The molecule has 1 aromatic rings. The summed E-state index contributed by atoms with van der Waals surface area (Å²) in [6, 6.07) is 0.775. The molecule has 1 aliphatic carbocycles. The van der Waals surface area contributed by atoms with Crippen LogP contribution in [0.15, 0.2) is 0 Å². The standard InChI is InChI=1S/C16H27N3S/c1-4-12(3)15-14(9-17-13-5-6-13)20-16(18-15)19-8-7-11(2)10-19/h11-13,17H,4-10H2,1-3H3. The zero-order chi connectivity index (χ0) is 14.1. The minimum atomic E-state index is 0.580. The number of thiazole rings is 1. The Kier molecular flexibility index (Phi) is 4.32. The maximum atomic E-state index is 5.00. The minimum absolute atomic E-state index is 0.580. The molecule has 0 radical (unpaired) electrons. The number of rotatable bonds is 6. The van der Waals surface area contributed by atoms with Crippen molar-refractivity contribution in [1.82, 2.24) is 10.3 Å². The van der Waals surface area contributed by atoms with Crippen molar-refractivity contribution in [2.75, 3.05) is 18.0 Å². The van der Waals surface area contributed by atoms with Gasteiger partial charge in [-0.3, -0.25) is 0 Å². The number of nitrogens with one attached hydrogen (secondary N) is 1. The molecule has 1 saturated heterocycles. The molecule has 3 rings (SSSR count). The summed E-state index contributed by atoms with van der Waals surface area (Å²) < 4.78 is 0. The summed E-state index contributed by atoms with van der Waals surface area (Å²) in [7, 11) is 0. The van der Waals surface area contributed by atoms with Gasteiger partial charge in [0.05, 0.1) is 5.69 Å². The Labute approximate surface area is 126 Å². The quantitative estimate of drug-likeness (QED) is 0.865. The van der Waals surface area contributed by atoms with E-state index in [9.17, 15) is 0 Å². The third-order valence-corrected chi connectivity index (χ3v) is 5.75. The van der Waals surface area contributed by atoms with Gasteiger partial charge in [0.1, 0.15) is 0 Å². The molecule has 0 bridgehead atoms. The fraction of sp³-hybridized carbons (Fsp3) is 0.812. The zero-order valence-electron chi connectivity index (χ0n) is 13.0. The van der Waals surface area contributed by atoms with Gasteiger partial charge >= 0.3 is 0 Å². The smallest absolute Gasteiger partial charge is 0.185 e. The first-order chi connectivity index (χ1) is 9.67. The highest BCUT2D eigenvalue weighted by Gasteiger charge is 2.26. The van der Waals surface area contributed by atoms with Crippen LogP contribution in [0.5, 0.6) is 0 Å². The second kappa shape index (κ2) is 6.02. The number of anilines is 1. The molecule has 20 heavy (non-hydrogen) atoms. The van der Waals surface area contributed by atoms with Gasteiger partial charge in [0.2, 0.25) is 0 Å². The van der Waals surface area contributed by atoms with Crippen LogP contribution in [0.2, 0.25) is 0 Å². The van der Waals surface area contributed by atoms with Gasteiger partial charge in [0.25, 0.3) is 0 Å². The fourth-order valence-electron chi connectivity index (χ4n) is 2.82. The van der Waals surface area contributed by atoms with E-state index >= 15 is 0 Å². The number of aromatic nitrogens is 1. The largest absolute Gasteiger partial charge is 0.348 e. The van der Waals surface area contributed by atoms with Crippen molar-refractivity contribution in [2.45, 2.75) is 65.0 Å². The molecule has 2 fully saturated rings. The summed E-state index contributed by atoms with van der Waals surface area (Å²) in [5.41, 5.74) is 1.35. The van der Waals surface area contributed by atoms with E-state index < -0.39 is 0 Å². The van der Waals surface area contributed by atoms with Crippen LogP contribution in [0.3, 0.4) is 0 Å². The van der Waals surface area contributed by atoms with Gasteiger partial charge in [-0.25, -0.2) is 4.98 Å². The highest BCUT2D eigenvalue weighted by Crippen LogP contribution is 2.35. The van der Waals surface area contributed by atoms with Gasteiger partial charge in [-0.15, -0.1) is 11.3 Å². The normalized spacial score (nSPS) is 24.4. The Morgan fingerprint density at radius 3 is 2.80 bits per heavy atom. The van der Waals surface area contributed by atoms with Crippen molar-refractivity contribution in [1.29, 1.82) is 0 Å². The predicted molar refractivity (Wildman–Crippen MR) is 86.7 cm³/mol. The molecule has 0 spiro atoms. The molecule has 0 amide bonds. The van der Waals surface area contributed by atoms with Crippen LogP contribution in [0.25, 0.3) is 0 Å². The highest BCUT2D eigenvalue weighted by molar-refractivity contribution is 7.15. The van der Waals surface area contributed by atoms with E-state index in [1.54, 1.807) is 0 Å². The van der Waals surface area contributed by atoms with Crippen molar-refractivity contribution in [2.24, 2.45) is 5.92 Å². The Morgan fingerprint density at radius 1 is 1.40 bits per heavy atom. The van der Waals surface area contributed by atoms with E-state index in [0.717, 1.165) is 18.5 Å². The lowest BCUT2D eigenvalue weighted by molar-refractivity contribution is 0.656. The summed E-state index contributed by atoms with van der Waals surface area (Å²) >= 11 is 1.92. The van der Waals surface area contributed by atoms with Gasteiger partial charge in [-0.05, 0) is 37.5 Å². The topological polar surface area (TPSA) is 28.2 Å². The van der Waals surface area contributed by atoms with Crippen LogP contribution < -0.4 is 10.2 Å². The SMILES string of the molecule is CCC(C)c1nc(N2CCC(C)C2)sc1CNC1CC1. The molecule has 1 aromatic heterocycles. The molecule has 2 aliphatic rings. The van der Waals surface area contributed by atoms with Crippen LogP contribution in [0.1, 0.15) is 62.9 Å². The molecule has 2 heterocycles. The lowest BCUT2D eigenvalue weighted by Crippen LogP contribution is -2.18. The first-order valence-electron chi connectivity index (χ1n) is 8.15. The summed E-state index contributed by atoms with van der Waals surface area (Å²) in [5, 5.41) is 4.92. The van der Waals surface area contributed by atoms with Gasteiger partial charge in [-0.2, -0.15) is 0 Å². The summed E-state index contributed by atoms with van der Waals surface area (Å²) in [5.74, 6) is 1.40. The summed E-state index contributed by atoms with van der Waals surface area (Å²) in [4.78, 5) is 8.96. The van der Waals surface area contributed by atoms with Gasteiger partial charge in [0.15, 0.2) is 5.13 Å². The van der Waals surface area contributed by atoms with E-state index in [0.29, 0.717) is 5.92 Å². The number of hydrogen-bond donors (Lipinski definition) is 1. The molecule has 0 aromatic carbocycles. The van der Waals surface area contributed by atoms with Crippen LogP contribution in [-0.2, 0) is 6.54 Å². The predicted octanol–water partition coefficient (Wildman–Crippen LogP) is 3.75. The van der Waals surface area contributed by atoms with E-state index in [1.807, 2.05) is 11.3 Å². The molecular formula is C16H27N3S. The third kappa shape index (κ3) is 3.17. The summed E-state index contributed by atoms with van der Waals surface area (Å²) in [6.45, 7) is 10.3. The lowest BCUT2D eigenvalue weighted by Gasteiger charge is -2.13. The van der Waals surface area contributed by atoms with Crippen LogP contribution in [0.4, 0.5) is 5.13 Å². The minimum Gasteiger partial charge on any atom is -0.348 e. The van der Waals surface area contributed by atoms with E-state index in [-0.39, 0.29) is 0 Å². The van der Waals surface area contributed by atoms with Crippen molar-refractivity contribution >= 4 is 16.5 Å². The first kappa shape index (κ1) is 14.3. The van der Waals surface area contributed by atoms with E-state index in [1.165, 1.54) is 54.5 Å². The Morgan fingerprint density at radius 2 is 2.20 bits per heavy atom. The molecule has 1 N–H and O–H groups in total. The molecule has 1 aliphatic heterocycles. The molecule has 3 nitrogen and oxygen atoms in total. The first-order valence-corrected chi connectivity index (χ1v) is 8.97. The van der Waals surface area contributed by atoms with Crippen molar-refractivity contribution in [3.05, 3.63) is 10.6 Å².